The summed E-state index contributed by atoms with van der Waals surface area (Å²) in [5, 5.41) is 11.4. The van der Waals surface area contributed by atoms with E-state index in [-0.39, 0.29) is 22.0 Å². The molecule has 0 amide bonds. The summed E-state index contributed by atoms with van der Waals surface area (Å²) in [5.41, 5.74) is -0.290. The molecule has 2 aromatic heterocycles. The van der Waals surface area contributed by atoms with Gasteiger partial charge in [0.25, 0.3) is 0 Å². The summed E-state index contributed by atoms with van der Waals surface area (Å²) in [6, 6.07) is 12.8. The first-order valence-corrected chi connectivity index (χ1v) is 9.67. The molecule has 0 bridgehead atoms. The Bertz CT molecular complexity index is 1410. The Hall–Kier alpha value is -3.24. The zero-order valence-electron chi connectivity index (χ0n) is 15.8. The molecule has 0 saturated heterocycles. The maximum Gasteiger partial charge on any atom is 0.416 e. The molecule has 4 aromatic rings. The molecular formula is C20H13ClF3N5OS. The van der Waals surface area contributed by atoms with Crippen LogP contribution in [0.5, 0.6) is 0 Å². The summed E-state index contributed by atoms with van der Waals surface area (Å²) in [5.74, 6) is -0.0184. The van der Waals surface area contributed by atoms with Crippen molar-refractivity contribution < 1.29 is 13.2 Å². The predicted octanol–water partition coefficient (Wildman–Crippen LogP) is 5.12. The first-order chi connectivity index (χ1) is 14.7. The van der Waals surface area contributed by atoms with Gasteiger partial charge in [-0.3, -0.25) is 14.5 Å². The molecule has 31 heavy (non-hydrogen) atoms. The average Bonchev–Trinajstić information content (AvgIpc) is 3.09. The molecule has 0 spiro atoms. The fraction of sp³-hybridized carbons (Fsp3) is 0.100. The van der Waals surface area contributed by atoms with E-state index in [2.05, 4.69) is 15.3 Å². The molecule has 0 fully saturated rings. The van der Waals surface area contributed by atoms with Gasteiger partial charge in [0.1, 0.15) is 0 Å². The average molecular weight is 464 g/mol. The largest absolute Gasteiger partial charge is 0.416 e. The van der Waals surface area contributed by atoms with Crippen LogP contribution in [0, 0.1) is 11.7 Å². The summed E-state index contributed by atoms with van der Waals surface area (Å²) in [4.78, 5) is 12.7. The number of benzene rings is 2. The molecule has 0 aliphatic carbocycles. The summed E-state index contributed by atoms with van der Waals surface area (Å²) in [6.45, 7) is 1.69. The molecular weight excluding hydrogens is 451 g/mol. The molecule has 2 heterocycles. The highest BCUT2D eigenvalue weighted by molar-refractivity contribution is 7.71. The number of para-hydroxylation sites is 1. The fourth-order valence-corrected chi connectivity index (χ4v) is 3.54. The van der Waals surface area contributed by atoms with Crippen LogP contribution in [0.2, 0.25) is 5.02 Å². The lowest BCUT2D eigenvalue weighted by atomic mass is 10.2. The van der Waals surface area contributed by atoms with Crippen LogP contribution in [0.15, 0.2) is 59.4 Å². The summed E-state index contributed by atoms with van der Waals surface area (Å²) in [6.07, 6.45) is -4.54. The van der Waals surface area contributed by atoms with Crippen LogP contribution in [0.3, 0.4) is 0 Å². The van der Waals surface area contributed by atoms with Gasteiger partial charge in [0, 0.05) is 11.8 Å². The zero-order valence-corrected chi connectivity index (χ0v) is 17.4. The normalized spacial score (nSPS) is 11.6. The summed E-state index contributed by atoms with van der Waals surface area (Å²) >= 11 is 11.5. The molecule has 0 radical (unpaired) electrons. The Labute approximate surface area is 183 Å². The van der Waals surface area contributed by atoms with Crippen molar-refractivity contribution in [3.63, 3.8) is 0 Å². The van der Waals surface area contributed by atoms with E-state index < -0.39 is 17.2 Å². The number of aromatic amines is 1. The van der Waals surface area contributed by atoms with Gasteiger partial charge in [0.15, 0.2) is 16.3 Å². The van der Waals surface area contributed by atoms with Crippen molar-refractivity contribution in [2.24, 2.45) is 0 Å². The third kappa shape index (κ3) is 3.91. The van der Waals surface area contributed by atoms with E-state index in [0.29, 0.717) is 16.4 Å². The Kier molecular flexibility index (Phi) is 5.28. The minimum atomic E-state index is -4.54. The number of nitrogens with one attached hydrogen (secondary N) is 1. The van der Waals surface area contributed by atoms with Gasteiger partial charge in [-0.15, -0.1) is 0 Å². The number of halogens is 4. The Morgan fingerprint density at radius 3 is 2.55 bits per heavy atom. The van der Waals surface area contributed by atoms with Gasteiger partial charge in [0.2, 0.25) is 5.43 Å². The van der Waals surface area contributed by atoms with Crippen LogP contribution >= 0.6 is 23.8 Å². The topological polar surface area (TPSA) is 68.5 Å². The van der Waals surface area contributed by atoms with Crippen molar-refractivity contribution in [2.45, 2.75) is 13.1 Å². The molecule has 4 rings (SSSR count). The number of hydrogen-bond acceptors (Lipinski definition) is 4. The smallest absolute Gasteiger partial charge is 0.287 e. The number of aryl methyl sites for hydroxylation is 1. The van der Waals surface area contributed by atoms with E-state index in [0.717, 1.165) is 12.1 Å². The van der Waals surface area contributed by atoms with E-state index >= 15 is 0 Å². The monoisotopic (exact) mass is 463 g/mol. The standard InChI is InChI=1S/C20H13ClF3N5OS/c1-11-9-16(30)17(27-29(11)15-8-3-2-7-14(15)21)18-25-26-19(31)28(18)13-6-4-5-12(10-13)20(22,23)24/h2-10H,1H3,(H,26,31). The second kappa shape index (κ2) is 7.78. The van der Waals surface area contributed by atoms with Crippen LogP contribution in [-0.4, -0.2) is 24.5 Å². The third-order valence-electron chi connectivity index (χ3n) is 4.50. The molecule has 0 unspecified atom stereocenters. The van der Waals surface area contributed by atoms with Gasteiger partial charge in [-0.05, 0) is 49.5 Å². The third-order valence-corrected chi connectivity index (χ3v) is 5.10. The molecule has 6 nitrogen and oxygen atoms in total. The van der Waals surface area contributed by atoms with E-state index in [1.165, 1.54) is 27.4 Å². The fourth-order valence-electron chi connectivity index (χ4n) is 3.09. The Morgan fingerprint density at radius 2 is 1.84 bits per heavy atom. The minimum absolute atomic E-state index is 0.0143. The number of H-pyrrole nitrogens is 1. The molecule has 158 valence electrons. The van der Waals surface area contributed by atoms with Crippen LogP contribution in [0.4, 0.5) is 13.2 Å². The Morgan fingerprint density at radius 1 is 1.10 bits per heavy atom. The van der Waals surface area contributed by atoms with Gasteiger partial charge in [0.05, 0.1) is 22.0 Å². The van der Waals surface area contributed by atoms with Crippen LogP contribution < -0.4 is 5.43 Å². The lowest BCUT2D eigenvalue weighted by Gasteiger charge is -2.13. The van der Waals surface area contributed by atoms with Crippen molar-refractivity contribution in [1.82, 2.24) is 24.5 Å². The van der Waals surface area contributed by atoms with Crippen LogP contribution in [0.1, 0.15) is 11.3 Å². The molecule has 0 saturated carbocycles. The van der Waals surface area contributed by atoms with Crippen LogP contribution in [-0.2, 0) is 6.18 Å². The van der Waals surface area contributed by atoms with Gasteiger partial charge in [-0.1, -0.05) is 29.8 Å². The predicted molar refractivity (Wildman–Crippen MR) is 112 cm³/mol. The van der Waals surface area contributed by atoms with Crippen molar-refractivity contribution in [1.29, 1.82) is 0 Å². The SMILES string of the molecule is Cc1cc(=O)c(-c2n[nH]c(=S)n2-c2cccc(C(F)(F)F)c2)nn1-c1ccccc1Cl. The van der Waals surface area contributed by atoms with Crippen molar-refractivity contribution in [3.8, 4) is 22.9 Å². The van der Waals surface area contributed by atoms with Gasteiger partial charge >= 0.3 is 6.18 Å². The molecule has 0 atom stereocenters. The summed E-state index contributed by atoms with van der Waals surface area (Å²) in [7, 11) is 0. The number of rotatable bonds is 3. The molecule has 0 aliphatic heterocycles. The second-order valence-electron chi connectivity index (χ2n) is 6.60. The number of nitrogens with zero attached hydrogens (tertiary/aromatic N) is 4. The zero-order chi connectivity index (χ0) is 22.3. The molecule has 0 aliphatic rings. The van der Waals surface area contributed by atoms with Crippen LogP contribution in [0.25, 0.3) is 22.9 Å². The lowest BCUT2D eigenvalue weighted by Crippen LogP contribution is -2.18. The lowest BCUT2D eigenvalue weighted by molar-refractivity contribution is -0.137. The number of aromatic nitrogens is 5. The molecule has 1 N–H and O–H groups in total. The molecule has 2 aromatic carbocycles. The Balaban J connectivity index is 1.94. The highest BCUT2D eigenvalue weighted by Crippen LogP contribution is 2.31. The van der Waals surface area contributed by atoms with Gasteiger partial charge < -0.3 is 0 Å². The van der Waals surface area contributed by atoms with Crippen molar-refractivity contribution in [3.05, 3.63) is 85.9 Å². The van der Waals surface area contributed by atoms with Gasteiger partial charge in [-0.25, -0.2) is 4.68 Å². The van der Waals surface area contributed by atoms with E-state index in [4.69, 9.17) is 23.8 Å². The number of hydrogen-bond donors (Lipinski definition) is 1. The summed E-state index contributed by atoms with van der Waals surface area (Å²) < 4.78 is 42.3. The number of alkyl halides is 3. The maximum atomic E-state index is 13.2. The van der Waals surface area contributed by atoms with Crippen molar-refractivity contribution in [2.75, 3.05) is 0 Å². The molecule has 11 heteroatoms. The minimum Gasteiger partial charge on any atom is -0.287 e. The van der Waals surface area contributed by atoms with E-state index in [9.17, 15) is 18.0 Å². The highest BCUT2D eigenvalue weighted by atomic mass is 35.5. The second-order valence-corrected chi connectivity index (χ2v) is 7.39. The maximum absolute atomic E-state index is 13.2. The first kappa shape index (κ1) is 21.0. The first-order valence-electron chi connectivity index (χ1n) is 8.88. The quantitative estimate of drug-likeness (QED) is 0.428. The van der Waals surface area contributed by atoms with E-state index in [1.807, 2.05) is 0 Å². The van der Waals surface area contributed by atoms with Crippen molar-refractivity contribution >= 4 is 23.8 Å². The van der Waals surface area contributed by atoms with Gasteiger partial charge in [-0.2, -0.15) is 23.4 Å². The highest BCUT2D eigenvalue weighted by Gasteiger charge is 2.31. The van der Waals surface area contributed by atoms with E-state index in [1.54, 1.807) is 31.2 Å².